The van der Waals surface area contributed by atoms with Crippen LogP contribution in [0, 0.1) is 0 Å². The summed E-state index contributed by atoms with van der Waals surface area (Å²) in [6.07, 6.45) is 0. The Morgan fingerprint density at radius 1 is 0.333 bits per heavy atom. The Labute approximate surface area is 317 Å². The lowest BCUT2D eigenvalue weighted by atomic mass is 9.81. The normalized spacial score (nSPS) is 12.8. The van der Waals surface area contributed by atoms with E-state index in [1.807, 2.05) is 0 Å². The lowest BCUT2D eigenvalue weighted by Crippen LogP contribution is -2.14. The Morgan fingerprint density at radius 3 is 1.57 bits per heavy atom. The van der Waals surface area contributed by atoms with E-state index in [1.54, 1.807) is 0 Å². The van der Waals surface area contributed by atoms with Gasteiger partial charge in [0.05, 0.1) is 5.69 Å². The van der Waals surface area contributed by atoms with Crippen molar-refractivity contribution in [2.75, 3.05) is 4.90 Å². The van der Waals surface area contributed by atoms with E-state index in [1.165, 1.54) is 77.2 Å². The Bertz CT molecular complexity index is 2830. The van der Waals surface area contributed by atoms with Crippen molar-refractivity contribution in [1.29, 1.82) is 0 Å². The van der Waals surface area contributed by atoms with Crippen molar-refractivity contribution in [3.8, 4) is 44.5 Å². The quantitative estimate of drug-likeness (QED) is 0.168. The monoisotopic (exact) mass is 689 g/mol. The van der Waals surface area contributed by atoms with Crippen molar-refractivity contribution in [3.63, 3.8) is 0 Å². The van der Waals surface area contributed by atoms with E-state index >= 15 is 0 Å². The Hall–Kier alpha value is -6.70. The summed E-state index contributed by atoms with van der Waals surface area (Å²) in [7, 11) is 0. The first kappa shape index (κ1) is 32.0. The molecule has 0 N–H and O–H groups in total. The van der Waals surface area contributed by atoms with E-state index < -0.39 is 0 Å². The fraction of sp³-hybridized carbons (Fsp3) is 0.0566. The zero-order valence-corrected chi connectivity index (χ0v) is 30.5. The van der Waals surface area contributed by atoms with E-state index in [0.717, 1.165) is 17.1 Å². The highest BCUT2D eigenvalue weighted by molar-refractivity contribution is 6.00. The van der Waals surface area contributed by atoms with E-state index in [-0.39, 0.29) is 5.41 Å². The lowest BCUT2D eigenvalue weighted by Gasteiger charge is -2.27. The topological polar surface area (TPSA) is 3.24 Å². The van der Waals surface area contributed by atoms with Crippen LogP contribution in [-0.2, 0) is 5.41 Å². The van der Waals surface area contributed by atoms with Crippen molar-refractivity contribution in [1.82, 2.24) is 0 Å². The van der Waals surface area contributed by atoms with Crippen LogP contribution in [0.25, 0.3) is 66.1 Å². The first-order chi connectivity index (χ1) is 26.5. The summed E-state index contributed by atoms with van der Waals surface area (Å²) in [4.78, 5) is 2.39. The number of fused-ring (bicyclic) bond motifs is 5. The Balaban J connectivity index is 1.02. The summed E-state index contributed by atoms with van der Waals surface area (Å²) in [5, 5.41) is 4.97. The smallest absolute Gasteiger partial charge is 0.0540 e. The second-order valence-electron chi connectivity index (χ2n) is 15.0. The molecule has 9 aromatic carbocycles. The van der Waals surface area contributed by atoms with Crippen LogP contribution in [0.15, 0.2) is 200 Å². The maximum atomic E-state index is 2.40. The molecule has 0 heterocycles. The van der Waals surface area contributed by atoms with Crippen LogP contribution in [-0.4, -0.2) is 0 Å². The summed E-state index contributed by atoms with van der Waals surface area (Å²) >= 11 is 0. The van der Waals surface area contributed by atoms with Gasteiger partial charge in [-0.05, 0) is 114 Å². The van der Waals surface area contributed by atoms with Crippen LogP contribution in [0.5, 0.6) is 0 Å². The summed E-state index contributed by atoms with van der Waals surface area (Å²) in [6.45, 7) is 4.69. The average Bonchev–Trinajstić information content (AvgIpc) is 3.46. The molecule has 1 aliphatic rings. The van der Waals surface area contributed by atoms with Gasteiger partial charge in [-0.15, -0.1) is 0 Å². The zero-order chi connectivity index (χ0) is 36.2. The van der Waals surface area contributed by atoms with Gasteiger partial charge < -0.3 is 4.90 Å². The van der Waals surface area contributed by atoms with E-state index in [2.05, 4.69) is 219 Å². The van der Waals surface area contributed by atoms with Gasteiger partial charge in [-0.3, -0.25) is 0 Å². The standard InChI is InChI=1S/C53H39N/c1-53(2)50-22-8-7-20-48(50)49-33-28-41(35-51(49)53)37-26-31-44(32-27-37)54(52-23-11-15-39-13-4-6-19-47(39)52)43-29-24-36(25-30-43)40-16-9-17-42(34-40)46-21-10-14-38-12-3-5-18-45(38)46/h3-35H,1-2H3. The molecule has 0 saturated heterocycles. The second kappa shape index (κ2) is 12.8. The summed E-state index contributed by atoms with van der Waals surface area (Å²) in [5.41, 5.74) is 16.2. The van der Waals surface area contributed by atoms with Gasteiger partial charge >= 0.3 is 0 Å². The van der Waals surface area contributed by atoms with Crippen molar-refractivity contribution in [2.45, 2.75) is 19.3 Å². The van der Waals surface area contributed by atoms with Crippen molar-refractivity contribution in [3.05, 3.63) is 211 Å². The van der Waals surface area contributed by atoms with E-state index in [4.69, 9.17) is 0 Å². The van der Waals surface area contributed by atoms with Crippen LogP contribution >= 0.6 is 0 Å². The first-order valence-electron chi connectivity index (χ1n) is 18.8. The number of benzene rings is 9. The Kier molecular flexibility index (Phi) is 7.56. The second-order valence-corrected chi connectivity index (χ2v) is 15.0. The minimum atomic E-state index is -0.0313. The summed E-state index contributed by atoms with van der Waals surface area (Å²) in [5.74, 6) is 0. The van der Waals surface area contributed by atoms with Gasteiger partial charge in [-0.25, -0.2) is 0 Å². The van der Waals surface area contributed by atoms with Crippen molar-refractivity contribution in [2.24, 2.45) is 0 Å². The fourth-order valence-corrected chi connectivity index (χ4v) is 8.66. The molecular formula is C53H39N. The van der Waals surface area contributed by atoms with Crippen LogP contribution < -0.4 is 4.90 Å². The molecule has 256 valence electrons. The molecule has 0 aromatic heterocycles. The van der Waals surface area contributed by atoms with E-state index in [9.17, 15) is 0 Å². The van der Waals surface area contributed by atoms with Gasteiger partial charge in [0.1, 0.15) is 0 Å². The average molecular weight is 690 g/mol. The van der Waals surface area contributed by atoms with Crippen LogP contribution in [0.4, 0.5) is 17.1 Å². The number of hydrogen-bond donors (Lipinski definition) is 0. The van der Waals surface area contributed by atoms with E-state index in [0.29, 0.717) is 0 Å². The molecule has 0 spiro atoms. The number of hydrogen-bond acceptors (Lipinski definition) is 1. The lowest BCUT2D eigenvalue weighted by molar-refractivity contribution is 0.660. The van der Waals surface area contributed by atoms with Gasteiger partial charge in [0.2, 0.25) is 0 Å². The predicted octanol–water partition coefficient (Wildman–Crippen LogP) is 14.8. The maximum absolute atomic E-state index is 2.40. The molecule has 10 rings (SSSR count). The van der Waals surface area contributed by atoms with Gasteiger partial charge in [0.25, 0.3) is 0 Å². The molecule has 9 aromatic rings. The molecule has 0 amide bonds. The van der Waals surface area contributed by atoms with Crippen LogP contribution in [0.2, 0.25) is 0 Å². The molecule has 0 fully saturated rings. The van der Waals surface area contributed by atoms with Crippen molar-refractivity contribution >= 4 is 38.6 Å². The van der Waals surface area contributed by atoms with Gasteiger partial charge in [0, 0.05) is 22.2 Å². The van der Waals surface area contributed by atoms with Crippen LogP contribution in [0.3, 0.4) is 0 Å². The molecule has 1 heteroatoms. The molecule has 0 unspecified atom stereocenters. The van der Waals surface area contributed by atoms with Gasteiger partial charge in [0.15, 0.2) is 0 Å². The molecule has 1 nitrogen and oxygen atoms in total. The SMILES string of the molecule is CC1(C)c2ccccc2-c2ccc(-c3ccc(N(c4ccc(-c5cccc(-c6cccc7ccccc67)c5)cc4)c4cccc5ccccc45)cc3)cc21. The zero-order valence-electron chi connectivity index (χ0n) is 30.5. The predicted molar refractivity (Wildman–Crippen MR) is 230 cm³/mol. The molecule has 0 aliphatic heterocycles. The van der Waals surface area contributed by atoms with Crippen LogP contribution in [0.1, 0.15) is 25.0 Å². The largest absolute Gasteiger partial charge is 0.310 e. The maximum Gasteiger partial charge on any atom is 0.0540 e. The molecular weight excluding hydrogens is 651 g/mol. The Morgan fingerprint density at radius 2 is 0.833 bits per heavy atom. The van der Waals surface area contributed by atoms with Crippen molar-refractivity contribution < 1.29 is 0 Å². The third kappa shape index (κ3) is 5.32. The summed E-state index contributed by atoms with van der Waals surface area (Å²) < 4.78 is 0. The molecule has 0 atom stereocenters. The van der Waals surface area contributed by atoms with Gasteiger partial charge in [-0.1, -0.05) is 172 Å². The molecule has 0 radical (unpaired) electrons. The first-order valence-corrected chi connectivity index (χ1v) is 18.8. The fourth-order valence-electron chi connectivity index (χ4n) is 8.66. The molecule has 1 aliphatic carbocycles. The third-order valence-electron chi connectivity index (χ3n) is 11.5. The molecule has 0 saturated carbocycles. The highest BCUT2D eigenvalue weighted by Gasteiger charge is 2.35. The highest BCUT2D eigenvalue weighted by Crippen LogP contribution is 2.50. The molecule has 0 bridgehead atoms. The number of nitrogens with zero attached hydrogens (tertiary/aromatic N) is 1. The van der Waals surface area contributed by atoms with Gasteiger partial charge in [-0.2, -0.15) is 0 Å². The minimum Gasteiger partial charge on any atom is -0.310 e. The minimum absolute atomic E-state index is 0.0313. The number of rotatable bonds is 6. The molecule has 54 heavy (non-hydrogen) atoms. The number of anilines is 3. The highest BCUT2D eigenvalue weighted by atomic mass is 15.1. The third-order valence-corrected chi connectivity index (χ3v) is 11.5. The summed E-state index contributed by atoms with van der Waals surface area (Å²) in [6, 6.07) is 73.3.